The molecular formula is C30H41N3O8S. The molecule has 2 aromatic rings. The molecule has 42 heavy (non-hydrogen) atoms. The van der Waals surface area contributed by atoms with Gasteiger partial charge in [-0.25, -0.2) is 13.2 Å². The number of nitrogens with zero attached hydrogens (tertiary/aromatic N) is 2. The van der Waals surface area contributed by atoms with Gasteiger partial charge in [0, 0.05) is 18.8 Å². The highest BCUT2D eigenvalue weighted by Gasteiger charge is 2.53. The van der Waals surface area contributed by atoms with Crippen molar-refractivity contribution in [3.63, 3.8) is 0 Å². The van der Waals surface area contributed by atoms with E-state index in [4.69, 9.17) is 24.7 Å². The number of phenolic OH excluding ortho intramolecular Hbond substituents is 1. The van der Waals surface area contributed by atoms with E-state index in [1.54, 1.807) is 55.1 Å². The zero-order chi connectivity index (χ0) is 30.2. The number of ether oxygens (including phenoxy) is 4. The van der Waals surface area contributed by atoms with Crippen LogP contribution in [0.3, 0.4) is 0 Å². The fourth-order valence-corrected chi connectivity index (χ4v) is 7.70. The summed E-state index contributed by atoms with van der Waals surface area (Å²) >= 11 is 0. The second-order valence-electron chi connectivity index (χ2n) is 12.1. The summed E-state index contributed by atoms with van der Waals surface area (Å²) in [5.74, 6) is 0.129. The maximum absolute atomic E-state index is 13.9. The Labute approximate surface area is 247 Å². The minimum atomic E-state index is -3.91. The maximum Gasteiger partial charge on any atom is 0.412 e. The number of carbonyl (C=O) groups excluding carboxylic acids is 1. The fraction of sp³-hybridized carbons (Fsp3) is 0.567. The van der Waals surface area contributed by atoms with E-state index in [1.807, 2.05) is 13.8 Å². The minimum absolute atomic E-state index is 0.0198. The van der Waals surface area contributed by atoms with Crippen molar-refractivity contribution in [2.45, 2.75) is 75.7 Å². The standard InChI is InChI=1S/C30H41N3O8S/c1-19(2)16-32(42(36,37)23-11-7-21(31)8-12-23)17-26-25(15-20-5-9-22(34)10-6-20)33(30(3,4)41-26)29(35)40-27-18-39-28-24(27)13-14-38-28/h5-12,19,24-28,34H,13-18,31H2,1-4H3. The van der Waals surface area contributed by atoms with Crippen LogP contribution in [0.4, 0.5) is 10.5 Å². The van der Waals surface area contributed by atoms with Gasteiger partial charge >= 0.3 is 6.09 Å². The second-order valence-corrected chi connectivity index (χ2v) is 14.1. The molecule has 12 heteroatoms. The van der Waals surface area contributed by atoms with Gasteiger partial charge in [-0.05, 0) is 74.6 Å². The molecule has 11 nitrogen and oxygen atoms in total. The van der Waals surface area contributed by atoms with E-state index >= 15 is 0 Å². The van der Waals surface area contributed by atoms with Gasteiger partial charge in [0.2, 0.25) is 10.0 Å². The molecule has 1 amide bonds. The van der Waals surface area contributed by atoms with Crippen LogP contribution in [0.2, 0.25) is 0 Å². The average Bonchev–Trinajstić information content (AvgIpc) is 3.59. The number of nitrogens with two attached hydrogens (primary N) is 1. The van der Waals surface area contributed by atoms with E-state index in [2.05, 4.69) is 0 Å². The van der Waals surface area contributed by atoms with E-state index < -0.39 is 40.1 Å². The lowest BCUT2D eigenvalue weighted by Crippen LogP contribution is -2.51. The highest BCUT2D eigenvalue weighted by molar-refractivity contribution is 7.89. The van der Waals surface area contributed by atoms with Crippen molar-refractivity contribution in [3.05, 3.63) is 54.1 Å². The zero-order valence-electron chi connectivity index (χ0n) is 24.5. The normalized spacial score (nSPS) is 27.1. The van der Waals surface area contributed by atoms with Gasteiger partial charge in [0.25, 0.3) is 0 Å². The van der Waals surface area contributed by atoms with Crippen LogP contribution in [0, 0.1) is 11.8 Å². The summed E-state index contributed by atoms with van der Waals surface area (Å²) in [6, 6.07) is 12.3. The number of hydrogen-bond donors (Lipinski definition) is 2. The lowest BCUT2D eigenvalue weighted by molar-refractivity contribution is -0.0911. The summed E-state index contributed by atoms with van der Waals surface area (Å²) in [5, 5.41) is 9.83. The number of carbonyl (C=O) groups is 1. The quantitative estimate of drug-likeness (QED) is 0.412. The molecule has 0 spiro atoms. The van der Waals surface area contributed by atoms with Crippen LogP contribution in [0.1, 0.15) is 39.7 Å². The van der Waals surface area contributed by atoms with Gasteiger partial charge in [-0.15, -0.1) is 0 Å². The number of rotatable bonds is 9. The first-order chi connectivity index (χ1) is 19.8. The van der Waals surface area contributed by atoms with Gasteiger partial charge in [-0.2, -0.15) is 4.31 Å². The molecule has 2 aromatic carbocycles. The zero-order valence-corrected chi connectivity index (χ0v) is 25.3. The predicted molar refractivity (Wildman–Crippen MR) is 155 cm³/mol. The number of anilines is 1. The number of fused-ring (bicyclic) bond motifs is 1. The maximum atomic E-state index is 13.9. The Hall–Kier alpha value is -2.90. The molecule has 3 saturated heterocycles. The lowest BCUT2D eigenvalue weighted by Gasteiger charge is -2.34. The Bertz CT molecular complexity index is 1350. The molecule has 3 aliphatic heterocycles. The van der Waals surface area contributed by atoms with Crippen LogP contribution >= 0.6 is 0 Å². The number of nitrogen functional groups attached to an aromatic ring is 1. The molecule has 3 fully saturated rings. The van der Waals surface area contributed by atoms with Crippen LogP contribution in [0.15, 0.2) is 53.4 Å². The molecule has 3 aliphatic rings. The third-order valence-electron chi connectivity index (χ3n) is 8.07. The van der Waals surface area contributed by atoms with Gasteiger partial charge in [0.1, 0.15) is 17.6 Å². The Kier molecular flexibility index (Phi) is 8.73. The summed E-state index contributed by atoms with van der Waals surface area (Å²) in [5.41, 5.74) is 6.04. The van der Waals surface area contributed by atoms with E-state index in [0.717, 1.165) is 12.0 Å². The van der Waals surface area contributed by atoms with E-state index in [1.165, 1.54) is 16.4 Å². The smallest absolute Gasteiger partial charge is 0.412 e. The number of amides is 1. The summed E-state index contributed by atoms with van der Waals surface area (Å²) in [4.78, 5) is 15.6. The van der Waals surface area contributed by atoms with Crippen LogP contribution in [-0.4, -0.2) is 85.4 Å². The first-order valence-electron chi connectivity index (χ1n) is 14.4. The van der Waals surface area contributed by atoms with Crippen molar-refractivity contribution in [2.24, 2.45) is 11.8 Å². The van der Waals surface area contributed by atoms with E-state index in [-0.39, 0.29) is 48.5 Å². The Morgan fingerprint density at radius 3 is 2.50 bits per heavy atom. The number of benzene rings is 2. The molecule has 3 heterocycles. The summed E-state index contributed by atoms with van der Waals surface area (Å²) in [7, 11) is -3.91. The largest absolute Gasteiger partial charge is 0.508 e. The molecule has 0 radical (unpaired) electrons. The first kappa shape index (κ1) is 30.6. The number of aromatic hydroxyl groups is 1. The first-order valence-corrected chi connectivity index (χ1v) is 15.8. The summed E-state index contributed by atoms with van der Waals surface area (Å²) in [6.45, 7) is 8.56. The van der Waals surface area contributed by atoms with Gasteiger partial charge < -0.3 is 29.8 Å². The number of sulfonamides is 1. The van der Waals surface area contributed by atoms with Crippen LogP contribution in [0.25, 0.3) is 0 Å². The fourth-order valence-electron chi connectivity index (χ4n) is 6.08. The Balaban J connectivity index is 1.45. The molecule has 5 rings (SSSR count). The van der Waals surface area contributed by atoms with Crippen LogP contribution < -0.4 is 5.73 Å². The van der Waals surface area contributed by atoms with Crippen molar-refractivity contribution in [1.82, 2.24) is 9.21 Å². The van der Waals surface area contributed by atoms with Crippen molar-refractivity contribution >= 4 is 21.8 Å². The highest BCUT2D eigenvalue weighted by atomic mass is 32.2. The molecule has 0 aliphatic carbocycles. The van der Waals surface area contributed by atoms with Gasteiger partial charge in [0.15, 0.2) is 6.29 Å². The topological polar surface area (TPSA) is 141 Å². The molecule has 0 aromatic heterocycles. The number of hydrogen-bond acceptors (Lipinski definition) is 9. The lowest BCUT2D eigenvalue weighted by atomic mass is 9.99. The molecular weight excluding hydrogens is 562 g/mol. The van der Waals surface area contributed by atoms with Gasteiger partial charge in [-0.3, -0.25) is 4.90 Å². The number of phenols is 1. The predicted octanol–water partition coefficient (Wildman–Crippen LogP) is 3.57. The molecule has 0 bridgehead atoms. The van der Waals surface area contributed by atoms with Crippen LogP contribution in [0.5, 0.6) is 5.75 Å². The van der Waals surface area contributed by atoms with Crippen molar-refractivity contribution < 1.29 is 37.3 Å². The van der Waals surface area contributed by atoms with Crippen molar-refractivity contribution in [3.8, 4) is 5.75 Å². The van der Waals surface area contributed by atoms with Crippen molar-refractivity contribution in [1.29, 1.82) is 0 Å². The van der Waals surface area contributed by atoms with Gasteiger partial charge in [-0.1, -0.05) is 26.0 Å². The van der Waals surface area contributed by atoms with Gasteiger partial charge in [0.05, 0.1) is 36.2 Å². The highest BCUT2D eigenvalue weighted by Crippen LogP contribution is 2.38. The third-order valence-corrected chi connectivity index (χ3v) is 9.91. The molecule has 5 atom stereocenters. The summed E-state index contributed by atoms with van der Waals surface area (Å²) in [6.07, 6.45) is -0.936. The average molecular weight is 604 g/mol. The second kappa shape index (κ2) is 12.0. The summed E-state index contributed by atoms with van der Waals surface area (Å²) < 4.78 is 52.9. The monoisotopic (exact) mass is 603 g/mol. The molecule has 3 N–H and O–H groups in total. The van der Waals surface area contributed by atoms with E-state index in [9.17, 15) is 18.3 Å². The SMILES string of the molecule is CC(C)CN(CC1OC(C)(C)N(C(=O)OC2COC3OCCC23)C1Cc1ccc(O)cc1)S(=O)(=O)c1ccc(N)cc1. The molecule has 0 saturated carbocycles. The molecule has 230 valence electrons. The Morgan fingerprint density at radius 1 is 1.14 bits per heavy atom. The third kappa shape index (κ3) is 6.37. The van der Waals surface area contributed by atoms with Crippen molar-refractivity contribution in [2.75, 3.05) is 32.0 Å². The Morgan fingerprint density at radius 2 is 1.83 bits per heavy atom. The minimum Gasteiger partial charge on any atom is -0.508 e. The van der Waals surface area contributed by atoms with Crippen LogP contribution in [-0.2, 0) is 35.4 Å². The molecule has 5 unspecified atom stereocenters. The van der Waals surface area contributed by atoms with E-state index in [0.29, 0.717) is 18.7 Å².